The second-order valence-corrected chi connectivity index (χ2v) is 19.9. The van der Waals surface area contributed by atoms with E-state index >= 15 is 0 Å². The van der Waals surface area contributed by atoms with Crippen LogP contribution in [0.5, 0.6) is 0 Å². The molecule has 0 N–H and O–H groups in total. The van der Waals surface area contributed by atoms with Gasteiger partial charge in [-0.15, -0.1) is 0 Å². The SMILES string of the molecule is [2H]c1c([2H])c([2H])c(-n2c3c([2H])c([2H])c([2H])c([2H])c3c3c([2H])c([2H])c4c(c5c([2H])c([2H])c([2H])c([2H])c5n4-c4nc(-c5ccccc5-n5c6c([2H])c([2H])c([2H])c([2H])c6c6c([2H])c([2H])c([2H])c([2H])c65)nc(-c5c([2H])c([2H])c([2H])c([Si](c6c([2H])c([2H])c([2H])c([2H])c6[2H])(c6c([2H])c([2H])c([2H])c([2H])c6[2H])c6c([2H])c([2H])c([2H])c([2H])c6[2H])c5[2H])n4)c32)c([2H])c1[2H]. The van der Waals surface area contributed by atoms with Crippen molar-refractivity contribution in [1.29, 1.82) is 0 Å². The summed E-state index contributed by atoms with van der Waals surface area (Å²) in [6.45, 7) is 0. The van der Waals surface area contributed by atoms with E-state index in [1.165, 1.54) is 18.2 Å². The van der Waals surface area contributed by atoms with Gasteiger partial charge in [0, 0.05) is 49.1 Å². The summed E-state index contributed by atoms with van der Waals surface area (Å²) >= 11 is 0. The fourth-order valence-electron chi connectivity index (χ4n) is 9.52. The smallest absolute Gasteiger partial charge is 0.238 e. The molecule has 0 aliphatic rings. The molecule has 0 saturated carbocycles. The summed E-state index contributed by atoms with van der Waals surface area (Å²) in [5, 5.41) is -9.06. The van der Waals surface area contributed by atoms with Crippen LogP contribution in [0.15, 0.2) is 278 Å². The van der Waals surface area contributed by atoms with E-state index in [2.05, 4.69) is 0 Å². The highest BCUT2D eigenvalue weighted by molar-refractivity contribution is 7.19. The van der Waals surface area contributed by atoms with Gasteiger partial charge < -0.3 is 9.13 Å². The topological polar surface area (TPSA) is 53.5 Å². The summed E-state index contributed by atoms with van der Waals surface area (Å²) in [5.74, 6) is -3.32. The normalized spacial score (nSPS) is 19.7. The lowest BCUT2D eigenvalue weighted by Crippen LogP contribution is -2.74. The van der Waals surface area contributed by atoms with E-state index < -0.39 is 388 Å². The third kappa shape index (κ3) is 6.62. The first-order chi connectivity index (χ1) is 55.2. The molecule has 76 heavy (non-hydrogen) atoms. The van der Waals surface area contributed by atoms with Gasteiger partial charge in [0.2, 0.25) is 5.95 Å². The first-order valence-corrected chi connectivity index (χ1v) is 24.4. The van der Waals surface area contributed by atoms with Crippen LogP contribution in [0.25, 0.3) is 106 Å². The van der Waals surface area contributed by atoms with Crippen LogP contribution in [-0.2, 0) is 0 Å². The van der Waals surface area contributed by atoms with Crippen molar-refractivity contribution in [2.45, 2.75) is 0 Å². The average Bonchev–Trinajstić information content (AvgIpc) is 0.844. The zero-order valence-electron chi connectivity index (χ0n) is 80.0. The van der Waals surface area contributed by atoms with Gasteiger partial charge in [-0.25, -0.2) is 4.98 Å². The zero-order valence-corrected chi connectivity index (χ0v) is 39.0. The highest BCUT2D eigenvalue weighted by Gasteiger charge is 2.41. The molecule has 356 valence electrons. The van der Waals surface area contributed by atoms with E-state index in [1.807, 2.05) is 0 Å². The van der Waals surface area contributed by atoms with Crippen LogP contribution < -0.4 is 20.7 Å². The molecular formula is C69H46N6Si. The van der Waals surface area contributed by atoms with Gasteiger partial charge in [0.25, 0.3) is 0 Å². The molecule has 0 amide bonds. The molecule has 0 atom stereocenters. The minimum atomic E-state index is -6.75. The molecule has 6 nitrogen and oxygen atoms in total. The molecule has 15 aromatic rings. The van der Waals surface area contributed by atoms with Crippen LogP contribution in [0.4, 0.5) is 0 Å². The van der Waals surface area contributed by atoms with Crippen LogP contribution in [-0.4, -0.2) is 36.7 Å². The van der Waals surface area contributed by atoms with Crippen LogP contribution in [0, 0.1) is 0 Å². The summed E-state index contributed by atoms with van der Waals surface area (Å²) in [5.41, 5.74) is -7.44. The lowest BCUT2D eigenvalue weighted by atomic mass is 10.1. The van der Waals surface area contributed by atoms with Crippen LogP contribution in [0.3, 0.4) is 0 Å². The van der Waals surface area contributed by atoms with E-state index in [1.54, 1.807) is 0 Å². The molecular weight excluding hydrogens is 941 g/mol. The number of aromatic nitrogens is 6. The number of benzene rings is 11. The average molecular weight is 1030 g/mol. The Kier molecular flexibility index (Phi) is 4.35. The lowest BCUT2D eigenvalue weighted by Gasteiger charge is -2.34. The fourth-order valence-corrected chi connectivity index (χ4v) is 13.1. The van der Waals surface area contributed by atoms with Gasteiger partial charge in [-0.2, -0.15) is 9.97 Å². The molecule has 4 heterocycles. The minimum absolute atomic E-state index is 0.431. The maximum Gasteiger partial charge on any atom is 0.238 e. The van der Waals surface area contributed by atoms with Crippen molar-refractivity contribution in [1.82, 2.24) is 28.7 Å². The van der Waals surface area contributed by atoms with Gasteiger partial charge in [-0.3, -0.25) is 4.57 Å². The number of hydrogen-bond acceptors (Lipinski definition) is 3. The second-order valence-electron chi connectivity index (χ2n) is 16.4. The van der Waals surface area contributed by atoms with E-state index in [4.69, 9.17) is 31.4 Å². The minimum Gasteiger partial charge on any atom is -0.309 e. The Morgan fingerprint density at radius 1 is 0.342 bits per heavy atom. The predicted octanol–water partition coefficient (Wildman–Crippen LogP) is 13.9. The standard InChI is InChI=1S/C69H46N6Si/c1-5-25-48(26-6-1)73-59-39-18-15-36-55(59)56-44-45-64-65(66(56)73)57-37-16-21-42-62(57)75(64)69-71-67(70-68(72-69)58-38-17-22-43-63(58)74-60-40-19-13-34-53(60)54-35-14-20-41-61(54)74)47-24-23-33-52(46-47)76(49-27-7-2-8-28-49,50-29-9-3-10-30-50)51-31-11-4-12-32-51/h1-46H/i1D,2D,3D,4D,5D,6D,7D,8D,9D,10D,11D,12D,13D,14D,15D,16D,18D,19D,20D,21D,23D,24D,25D,26D,27D,28D,29D,30D,31D,32D,33D,34D,35D,36D,37D,39D,40D,41D,42D,44D,45D,46D. The molecule has 0 bridgehead atoms. The Bertz CT molecular complexity index is 6930. The lowest BCUT2D eigenvalue weighted by molar-refractivity contribution is 0.952. The summed E-state index contributed by atoms with van der Waals surface area (Å²) in [7, 11) is -6.75. The molecule has 0 saturated heterocycles. The Hall–Kier alpha value is -9.95. The van der Waals surface area contributed by atoms with Crippen LogP contribution >= 0.6 is 0 Å². The first kappa shape index (κ1) is 18.8. The summed E-state index contributed by atoms with van der Waals surface area (Å²) in [6.07, 6.45) is 0. The molecule has 15 rings (SSSR count). The van der Waals surface area contributed by atoms with Gasteiger partial charge in [0.05, 0.1) is 96.4 Å². The zero-order chi connectivity index (χ0) is 86.7. The fraction of sp³-hybridized carbons (Fsp3) is 0. The Morgan fingerprint density at radius 3 is 1.42 bits per heavy atom. The van der Waals surface area contributed by atoms with Crippen molar-refractivity contribution in [3.63, 3.8) is 0 Å². The second kappa shape index (κ2) is 17.6. The molecule has 11 aromatic carbocycles. The first-order valence-electron chi connectivity index (χ1n) is 43.4. The van der Waals surface area contributed by atoms with E-state index in [-0.39, 0.29) is 0 Å². The highest BCUT2D eigenvalue weighted by atomic mass is 28.3. The number of nitrogens with zero attached hydrogens (tertiary/aromatic N) is 6. The molecule has 0 aliphatic carbocycles. The maximum absolute atomic E-state index is 10.9. The summed E-state index contributed by atoms with van der Waals surface area (Å²) in [6, 6.07) is -43.6. The van der Waals surface area contributed by atoms with Gasteiger partial charge in [0.1, 0.15) is 0 Å². The van der Waals surface area contributed by atoms with E-state index in [0.29, 0.717) is 4.57 Å². The van der Waals surface area contributed by atoms with Gasteiger partial charge in [-0.1, -0.05) is 224 Å². The Morgan fingerprint density at radius 2 is 0.816 bits per heavy atom. The quantitative estimate of drug-likeness (QED) is 0.107. The molecule has 4 aromatic heterocycles. The summed E-state index contributed by atoms with van der Waals surface area (Å²) in [4.78, 5) is 14.4. The van der Waals surface area contributed by atoms with Gasteiger partial charge >= 0.3 is 0 Å². The summed E-state index contributed by atoms with van der Waals surface area (Å²) < 4.78 is 398. The Labute approximate surface area is 498 Å². The number of fused-ring (bicyclic) bond motifs is 10. The van der Waals surface area contributed by atoms with Crippen molar-refractivity contribution >= 4 is 94.2 Å². The highest BCUT2D eigenvalue weighted by Crippen LogP contribution is 2.42. The molecule has 0 aliphatic heterocycles. The predicted molar refractivity (Wildman–Crippen MR) is 317 cm³/mol. The van der Waals surface area contributed by atoms with Crippen molar-refractivity contribution < 1.29 is 57.6 Å². The number of rotatable bonds is 9. The number of hydrogen-bond donors (Lipinski definition) is 0. The van der Waals surface area contributed by atoms with Gasteiger partial charge in [-0.05, 0) is 75.2 Å². The maximum atomic E-state index is 10.9. The molecule has 0 fully saturated rings. The van der Waals surface area contributed by atoms with E-state index in [0.717, 1.165) is 15.2 Å². The monoisotopic (exact) mass is 1030 g/mol. The number of para-hydroxylation sites is 6. The van der Waals surface area contributed by atoms with Crippen LogP contribution in [0.1, 0.15) is 57.6 Å². The van der Waals surface area contributed by atoms with Crippen molar-refractivity contribution in [2.75, 3.05) is 0 Å². The van der Waals surface area contributed by atoms with Crippen LogP contribution in [0.2, 0.25) is 0 Å². The van der Waals surface area contributed by atoms with Crippen molar-refractivity contribution in [2.24, 2.45) is 0 Å². The van der Waals surface area contributed by atoms with E-state index in [9.17, 15) is 41.1 Å². The Balaban J connectivity index is 1.24. The third-order valence-electron chi connectivity index (χ3n) is 12.5. The van der Waals surface area contributed by atoms with Crippen molar-refractivity contribution in [3.8, 4) is 40.1 Å². The molecule has 0 spiro atoms. The molecule has 0 radical (unpaired) electrons. The van der Waals surface area contributed by atoms with Crippen molar-refractivity contribution in [3.05, 3.63) is 278 Å². The largest absolute Gasteiger partial charge is 0.309 e. The molecule has 7 heteroatoms. The third-order valence-corrected chi connectivity index (χ3v) is 16.5. The molecule has 0 unspecified atom stereocenters. The van der Waals surface area contributed by atoms with Gasteiger partial charge in [0.15, 0.2) is 19.7 Å².